The van der Waals surface area contributed by atoms with Crippen LogP contribution in [0, 0.1) is 11.3 Å². The number of rotatable bonds is 11. The summed E-state index contributed by atoms with van der Waals surface area (Å²) in [6.07, 6.45) is -1.38. The van der Waals surface area contributed by atoms with Crippen molar-refractivity contribution in [3.8, 4) is 6.07 Å². The number of anilines is 1. The Morgan fingerprint density at radius 2 is 1.54 bits per heavy atom. The van der Waals surface area contributed by atoms with Crippen molar-refractivity contribution in [2.24, 2.45) is 0 Å². The van der Waals surface area contributed by atoms with Gasteiger partial charge in [0.2, 0.25) is 0 Å². The fourth-order valence-electron chi connectivity index (χ4n) is 4.81. The van der Waals surface area contributed by atoms with Gasteiger partial charge in [-0.1, -0.05) is 0 Å². The molecule has 0 aliphatic rings. The zero-order chi connectivity index (χ0) is 28.8. The molecule has 1 amide bonds. The van der Waals surface area contributed by atoms with Gasteiger partial charge in [0, 0.05) is 0 Å². The maximum atomic E-state index is 13.6. The molecule has 0 aliphatic carbocycles. The Kier molecular flexibility index (Phi) is 10.6. The van der Waals surface area contributed by atoms with Crippen LogP contribution >= 0.6 is 6.83 Å². The standard InChI is InChI=1S/C24H36F3N2O6PS/c1-9-34-23(30)29(21-13-11-10-12-14-21)22(33-8)20(15-28)16-36(17(2)3,18(4)5,19(6)7)35-37(31,32)24(25,26)27/h10-14,17-19H,9,16H2,1-8H3/b22-20-. The van der Waals surface area contributed by atoms with Gasteiger partial charge in [0.25, 0.3) is 0 Å². The summed E-state index contributed by atoms with van der Waals surface area (Å²) in [5.74, 6) is -0.295. The molecule has 0 atom stereocenters. The summed E-state index contributed by atoms with van der Waals surface area (Å²) in [6.45, 7) is 6.56. The van der Waals surface area contributed by atoms with Gasteiger partial charge in [-0.3, -0.25) is 0 Å². The maximum absolute atomic E-state index is 13.6. The van der Waals surface area contributed by atoms with E-state index in [4.69, 9.17) is 13.4 Å². The number of carbonyl (C=O) groups is 1. The molecule has 37 heavy (non-hydrogen) atoms. The summed E-state index contributed by atoms with van der Waals surface area (Å²) >= 11 is 0. The van der Waals surface area contributed by atoms with E-state index < -0.39 is 51.7 Å². The first-order chi connectivity index (χ1) is 17.0. The van der Waals surface area contributed by atoms with E-state index in [1.807, 2.05) is 6.07 Å². The summed E-state index contributed by atoms with van der Waals surface area (Å²) in [7, 11) is -4.85. The molecular weight excluding hydrogens is 532 g/mol. The number of nitriles is 1. The minimum absolute atomic E-state index is 0.00254. The number of allylic oxidation sites excluding steroid dienone is 1. The number of halogens is 3. The van der Waals surface area contributed by atoms with Gasteiger partial charge in [-0.2, -0.15) is 0 Å². The number of para-hydroxylation sites is 1. The molecule has 0 aliphatic heterocycles. The number of carbonyl (C=O) groups excluding carboxylic acids is 1. The Bertz CT molecular complexity index is 1100. The van der Waals surface area contributed by atoms with Gasteiger partial charge < -0.3 is 0 Å². The molecule has 0 bridgehead atoms. The second-order valence-electron chi connectivity index (χ2n) is 9.32. The average molecular weight is 569 g/mol. The molecule has 0 saturated carbocycles. The van der Waals surface area contributed by atoms with Gasteiger partial charge in [-0.15, -0.1) is 0 Å². The van der Waals surface area contributed by atoms with Crippen LogP contribution in [0.2, 0.25) is 0 Å². The van der Waals surface area contributed by atoms with E-state index in [1.54, 1.807) is 78.8 Å². The van der Waals surface area contributed by atoms with Crippen molar-refractivity contribution in [1.29, 1.82) is 5.26 Å². The molecule has 0 fully saturated rings. The average Bonchev–Trinajstić information content (AvgIpc) is 2.79. The van der Waals surface area contributed by atoms with E-state index in [-0.39, 0.29) is 23.8 Å². The van der Waals surface area contributed by atoms with Crippen LogP contribution in [-0.2, 0) is 23.6 Å². The first-order valence-electron chi connectivity index (χ1n) is 11.7. The topological polar surface area (TPSA) is 106 Å². The van der Waals surface area contributed by atoms with Crippen molar-refractivity contribution in [3.05, 3.63) is 41.8 Å². The number of ether oxygens (including phenoxy) is 2. The van der Waals surface area contributed by atoms with Crippen molar-refractivity contribution in [2.45, 2.75) is 71.0 Å². The Morgan fingerprint density at radius 1 is 1.05 bits per heavy atom. The van der Waals surface area contributed by atoms with E-state index in [0.29, 0.717) is 0 Å². The number of hydrogen-bond donors (Lipinski definition) is 0. The predicted molar refractivity (Wildman–Crippen MR) is 139 cm³/mol. The summed E-state index contributed by atoms with van der Waals surface area (Å²) in [5.41, 5.74) is -7.82. The molecule has 0 aromatic heterocycles. The van der Waals surface area contributed by atoms with E-state index in [0.717, 1.165) is 4.90 Å². The van der Waals surface area contributed by atoms with Crippen molar-refractivity contribution in [2.75, 3.05) is 24.8 Å². The normalized spacial score (nSPS) is 14.6. The molecule has 1 aromatic carbocycles. The van der Waals surface area contributed by atoms with Gasteiger partial charge in [-0.25, -0.2) is 0 Å². The van der Waals surface area contributed by atoms with Gasteiger partial charge >= 0.3 is 217 Å². The van der Waals surface area contributed by atoms with E-state index >= 15 is 0 Å². The fourth-order valence-corrected chi connectivity index (χ4v) is 14.9. The van der Waals surface area contributed by atoms with Gasteiger partial charge in [0.05, 0.1) is 0 Å². The Hall–Kier alpha value is -2.35. The molecule has 0 N–H and O–H groups in total. The number of nitrogens with zero attached hydrogens (tertiary/aromatic N) is 2. The fraction of sp³-hybridized carbons (Fsp3) is 0.583. The van der Waals surface area contributed by atoms with Crippen molar-refractivity contribution in [3.63, 3.8) is 0 Å². The third-order valence-electron chi connectivity index (χ3n) is 6.83. The van der Waals surface area contributed by atoms with Crippen molar-refractivity contribution >= 4 is 28.7 Å². The van der Waals surface area contributed by atoms with Crippen LogP contribution in [0.3, 0.4) is 0 Å². The first kappa shape index (κ1) is 32.7. The Labute approximate surface area is 217 Å². The third-order valence-corrected chi connectivity index (χ3v) is 17.7. The summed E-state index contributed by atoms with van der Waals surface area (Å²) < 4.78 is 82.0. The molecule has 0 spiro atoms. The zero-order valence-corrected chi connectivity index (χ0v) is 24.1. The second-order valence-corrected chi connectivity index (χ2v) is 17.6. The Balaban J connectivity index is 4.14. The Morgan fingerprint density at radius 3 is 1.89 bits per heavy atom. The van der Waals surface area contributed by atoms with E-state index in [2.05, 4.69) is 0 Å². The second kappa shape index (κ2) is 12.0. The first-order valence-corrected chi connectivity index (χ1v) is 15.6. The quantitative estimate of drug-likeness (QED) is 0.128. The number of hydrogen-bond acceptors (Lipinski definition) is 7. The van der Waals surface area contributed by atoms with Crippen LogP contribution in [0.25, 0.3) is 0 Å². The SMILES string of the molecule is CCOC(=O)N(/C(OC)=C(\C#N)CP(OS(=O)(=O)C(F)(F)F)(C(C)C)(C(C)C)C(C)C)c1ccccc1. The molecule has 0 radical (unpaired) electrons. The van der Waals surface area contributed by atoms with Crippen LogP contribution in [-0.4, -0.2) is 56.9 Å². The van der Waals surface area contributed by atoms with Crippen LogP contribution in [0.4, 0.5) is 23.7 Å². The summed E-state index contributed by atoms with van der Waals surface area (Å²) in [4.78, 5) is 14.0. The molecule has 1 rings (SSSR count). The van der Waals surface area contributed by atoms with Gasteiger partial charge in [0.1, 0.15) is 0 Å². The van der Waals surface area contributed by atoms with Crippen LogP contribution in [0.5, 0.6) is 0 Å². The number of benzene rings is 1. The third kappa shape index (κ3) is 6.05. The summed E-state index contributed by atoms with van der Waals surface area (Å²) in [6, 6.07) is 10.0. The zero-order valence-electron chi connectivity index (χ0n) is 22.4. The van der Waals surface area contributed by atoms with Crippen molar-refractivity contribution in [1.82, 2.24) is 0 Å². The van der Waals surface area contributed by atoms with Crippen LogP contribution < -0.4 is 4.90 Å². The monoisotopic (exact) mass is 568 g/mol. The predicted octanol–water partition coefficient (Wildman–Crippen LogP) is 6.59. The van der Waals surface area contributed by atoms with E-state index in [1.165, 1.54) is 7.11 Å². The number of methoxy groups -OCH3 is 1. The molecular formula is C24H36F3N2O6PS. The van der Waals surface area contributed by atoms with Crippen LogP contribution in [0.1, 0.15) is 48.5 Å². The molecule has 0 unspecified atom stereocenters. The van der Waals surface area contributed by atoms with Crippen molar-refractivity contribution < 1.29 is 39.8 Å². The molecule has 0 heterocycles. The van der Waals surface area contributed by atoms with Crippen LogP contribution in [0.15, 0.2) is 41.8 Å². The molecule has 13 heteroatoms. The molecule has 1 aromatic rings. The molecule has 8 nitrogen and oxygen atoms in total. The van der Waals surface area contributed by atoms with E-state index in [9.17, 15) is 31.6 Å². The van der Waals surface area contributed by atoms with Gasteiger partial charge in [-0.05, 0) is 0 Å². The molecule has 210 valence electrons. The number of alkyl halides is 3. The number of amides is 1. The molecule has 0 saturated heterocycles. The minimum atomic E-state index is -6.05. The summed E-state index contributed by atoms with van der Waals surface area (Å²) in [5, 5.41) is 10.2. The van der Waals surface area contributed by atoms with Gasteiger partial charge in [0.15, 0.2) is 0 Å².